The second-order valence-electron chi connectivity index (χ2n) is 8.87. The predicted molar refractivity (Wildman–Crippen MR) is 120 cm³/mol. The average molecular weight is 428 g/mol. The fraction of sp³-hybridized carbons (Fsp3) is 0.560. The normalized spacial score (nSPS) is 19.3. The summed E-state index contributed by atoms with van der Waals surface area (Å²) in [6.07, 6.45) is 6.24. The second kappa shape index (κ2) is 9.96. The molecule has 2 aromatic rings. The van der Waals surface area contributed by atoms with Gasteiger partial charge in [-0.25, -0.2) is 4.39 Å². The number of benzene rings is 1. The van der Waals surface area contributed by atoms with E-state index in [0.717, 1.165) is 35.6 Å². The first-order chi connectivity index (χ1) is 15.0. The van der Waals surface area contributed by atoms with Crippen molar-refractivity contribution in [1.82, 2.24) is 14.8 Å². The van der Waals surface area contributed by atoms with E-state index in [0.29, 0.717) is 25.8 Å². The Morgan fingerprint density at radius 1 is 1.13 bits per heavy atom. The van der Waals surface area contributed by atoms with Crippen LogP contribution in [0.1, 0.15) is 71.5 Å². The largest absolute Gasteiger partial charge is 0.379 e. The van der Waals surface area contributed by atoms with Crippen LogP contribution in [0.25, 0.3) is 0 Å². The zero-order valence-electron chi connectivity index (χ0n) is 18.7. The van der Waals surface area contributed by atoms with Gasteiger partial charge in [-0.05, 0) is 50.5 Å². The van der Waals surface area contributed by atoms with E-state index in [-0.39, 0.29) is 17.8 Å². The summed E-state index contributed by atoms with van der Waals surface area (Å²) in [6.45, 7) is 7.60. The number of ether oxygens (including phenoxy) is 1. The van der Waals surface area contributed by atoms with Crippen LogP contribution < -0.4 is 5.32 Å². The van der Waals surface area contributed by atoms with Crippen LogP contribution in [-0.4, -0.2) is 48.2 Å². The minimum atomic E-state index is -0.247. The number of morpholine rings is 1. The second-order valence-corrected chi connectivity index (χ2v) is 8.87. The van der Waals surface area contributed by atoms with Gasteiger partial charge in [0.05, 0.1) is 24.8 Å². The summed E-state index contributed by atoms with van der Waals surface area (Å²) >= 11 is 0. The van der Waals surface area contributed by atoms with Crippen molar-refractivity contribution in [3.05, 3.63) is 58.7 Å². The number of nitrogens with one attached hydrogen (secondary N) is 1. The van der Waals surface area contributed by atoms with Crippen molar-refractivity contribution >= 4 is 5.91 Å². The molecule has 1 aromatic carbocycles. The number of halogens is 1. The van der Waals surface area contributed by atoms with Gasteiger partial charge >= 0.3 is 0 Å². The zero-order chi connectivity index (χ0) is 21.8. The first kappa shape index (κ1) is 22.0. The highest BCUT2D eigenvalue weighted by Gasteiger charge is 2.26. The van der Waals surface area contributed by atoms with Crippen molar-refractivity contribution in [2.75, 3.05) is 32.8 Å². The summed E-state index contributed by atoms with van der Waals surface area (Å²) in [5.74, 6) is -0.279. The van der Waals surface area contributed by atoms with E-state index in [1.165, 1.54) is 44.2 Å². The Morgan fingerprint density at radius 3 is 2.48 bits per heavy atom. The van der Waals surface area contributed by atoms with E-state index in [9.17, 15) is 9.18 Å². The number of amides is 1. The number of hydrogen-bond donors (Lipinski definition) is 1. The van der Waals surface area contributed by atoms with Crippen LogP contribution in [0, 0.1) is 19.7 Å². The molecule has 0 spiro atoms. The Bertz CT molecular complexity index is 881. The van der Waals surface area contributed by atoms with Crippen molar-refractivity contribution < 1.29 is 13.9 Å². The van der Waals surface area contributed by atoms with Gasteiger partial charge in [-0.1, -0.05) is 31.4 Å². The van der Waals surface area contributed by atoms with Crippen LogP contribution in [0.3, 0.4) is 0 Å². The number of rotatable bonds is 6. The highest BCUT2D eigenvalue weighted by Crippen LogP contribution is 2.32. The lowest BCUT2D eigenvalue weighted by Gasteiger charge is -2.35. The molecule has 1 atom stereocenters. The molecule has 2 heterocycles. The van der Waals surface area contributed by atoms with Gasteiger partial charge in [0, 0.05) is 37.1 Å². The van der Waals surface area contributed by atoms with Crippen molar-refractivity contribution in [3.8, 4) is 0 Å². The number of carbonyl (C=O) groups excluding carboxylic acids is 1. The molecule has 1 saturated heterocycles. The van der Waals surface area contributed by atoms with Gasteiger partial charge in [-0.15, -0.1) is 0 Å². The molecule has 1 aromatic heterocycles. The van der Waals surface area contributed by atoms with Gasteiger partial charge in [0.15, 0.2) is 0 Å². The predicted octanol–water partition coefficient (Wildman–Crippen LogP) is 4.55. The van der Waals surface area contributed by atoms with Gasteiger partial charge in [0.1, 0.15) is 5.82 Å². The van der Waals surface area contributed by atoms with Gasteiger partial charge in [0.2, 0.25) is 0 Å². The minimum absolute atomic E-state index is 0.00437. The van der Waals surface area contributed by atoms with Crippen LogP contribution >= 0.6 is 0 Å². The lowest BCUT2D eigenvalue weighted by atomic mass is 9.95. The SMILES string of the molecule is Cc1cc(C(=O)NCC(c2ccc(F)cc2)N2CCOCC2)c(C)n1C1CCCCC1. The molecule has 1 N–H and O–H groups in total. The summed E-state index contributed by atoms with van der Waals surface area (Å²) in [5, 5.41) is 3.17. The first-order valence-electron chi connectivity index (χ1n) is 11.6. The maximum absolute atomic E-state index is 13.5. The van der Waals surface area contributed by atoms with E-state index >= 15 is 0 Å². The molecule has 2 fully saturated rings. The van der Waals surface area contributed by atoms with Gasteiger partial charge in [-0.3, -0.25) is 9.69 Å². The molecule has 5 nitrogen and oxygen atoms in total. The minimum Gasteiger partial charge on any atom is -0.379 e. The summed E-state index contributed by atoms with van der Waals surface area (Å²) in [4.78, 5) is 15.5. The highest BCUT2D eigenvalue weighted by molar-refractivity contribution is 5.95. The van der Waals surface area contributed by atoms with E-state index in [1.54, 1.807) is 0 Å². The van der Waals surface area contributed by atoms with Gasteiger partial charge in [0.25, 0.3) is 5.91 Å². The molecule has 2 aliphatic rings. The van der Waals surface area contributed by atoms with E-state index in [4.69, 9.17) is 4.74 Å². The Labute approximate surface area is 184 Å². The number of aryl methyl sites for hydroxylation is 1. The third-order valence-corrected chi connectivity index (χ3v) is 6.87. The molecule has 0 radical (unpaired) electrons. The molecule has 0 bridgehead atoms. The standard InChI is InChI=1S/C25H34FN3O2/c1-18-16-23(19(2)29(18)22-6-4-3-5-7-22)25(30)27-17-24(28-12-14-31-15-13-28)20-8-10-21(26)11-9-20/h8-11,16,22,24H,3-7,12-15,17H2,1-2H3,(H,27,30). The lowest BCUT2D eigenvalue weighted by Crippen LogP contribution is -2.43. The molecule has 1 unspecified atom stereocenters. The molecule has 1 aliphatic heterocycles. The third kappa shape index (κ3) is 5.01. The highest BCUT2D eigenvalue weighted by atomic mass is 19.1. The number of hydrogen-bond acceptors (Lipinski definition) is 3. The van der Waals surface area contributed by atoms with E-state index < -0.39 is 0 Å². The Kier molecular flexibility index (Phi) is 7.08. The molecular weight excluding hydrogens is 393 g/mol. The van der Waals surface area contributed by atoms with E-state index in [1.807, 2.05) is 18.2 Å². The van der Waals surface area contributed by atoms with Crippen molar-refractivity contribution in [3.63, 3.8) is 0 Å². The molecule has 1 amide bonds. The van der Waals surface area contributed by atoms with Crippen molar-refractivity contribution in [2.45, 2.75) is 58.0 Å². The van der Waals surface area contributed by atoms with Crippen LogP contribution in [0.4, 0.5) is 4.39 Å². The van der Waals surface area contributed by atoms with Gasteiger partial charge in [-0.2, -0.15) is 0 Å². The van der Waals surface area contributed by atoms with Crippen LogP contribution in [0.15, 0.2) is 30.3 Å². The molecule has 1 saturated carbocycles. The molecule has 6 heteroatoms. The van der Waals surface area contributed by atoms with Crippen LogP contribution in [-0.2, 0) is 4.74 Å². The smallest absolute Gasteiger partial charge is 0.253 e. The number of carbonyl (C=O) groups is 1. The molecule has 1 aliphatic carbocycles. The van der Waals surface area contributed by atoms with Crippen LogP contribution in [0.5, 0.6) is 0 Å². The summed E-state index contributed by atoms with van der Waals surface area (Å²) in [6, 6.07) is 9.14. The van der Waals surface area contributed by atoms with Crippen molar-refractivity contribution in [2.24, 2.45) is 0 Å². The van der Waals surface area contributed by atoms with Crippen LogP contribution in [0.2, 0.25) is 0 Å². The maximum Gasteiger partial charge on any atom is 0.253 e. The lowest BCUT2D eigenvalue weighted by molar-refractivity contribution is 0.0162. The monoisotopic (exact) mass is 427 g/mol. The molecular formula is C25H34FN3O2. The fourth-order valence-electron chi connectivity index (χ4n) is 5.22. The molecule has 4 rings (SSSR count). The average Bonchev–Trinajstić information content (AvgIpc) is 3.10. The zero-order valence-corrected chi connectivity index (χ0v) is 18.7. The summed E-state index contributed by atoms with van der Waals surface area (Å²) in [7, 11) is 0. The first-order valence-corrected chi connectivity index (χ1v) is 11.6. The van der Waals surface area contributed by atoms with Gasteiger partial charge < -0.3 is 14.6 Å². The summed E-state index contributed by atoms with van der Waals surface area (Å²) in [5.41, 5.74) is 4.00. The molecule has 31 heavy (non-hydrogen) atoms. The van der Waals surface area contributed by atoms with E-state index in [2.05, 4.69) is 28.6 Å². The molecule has 168 valence electrons. The Morgan fingerprint density at radius 2 is 1.81 bits per heavy atom. The Hall–Kier alpha value is -2.18. The maximum atomic E-state index is 13.5. The van der Waals surface area contributed by atoms with Crippen molar-refractivity contribution in [1.29, 1.82) is 0 Å². The summed E-state index contributed by atoms with van der Waals surface area (Å²) < 4.78 is 21.3. The fourth-order valence-corrected chi connectivity index (χ4v) is 5.22. The number of nitrogens with zero attached hydrogens (tertiary/aromatic N) is 2. The number of aromatic nitrogens is 1. The third-order valence-electron chi connectivity index (χ3n) is 6.87. The quantitative estimate of drug-likeness (QED) is 0.736. The topological polar surface area (TPSA) is 46.5 Å². The Balaban J connectivity index is 1.49.